The minimum atomic E-state index is -1.22. The lowest BCUT2D eigenvalue weighted by atomic mass is 10.1. The third-order valence-electron chi connectivity index (χ3n) is 4.51. The molecule has 2 aromatic carbocycles. The van der Waals surface area contributed by atoms with Crippen molar-refractivity contribution in [1.82, 2.24) is 5.32 Å². The number of hydrogen-bond acceptors (Lipinski definition) is 7. The molecule has 0 aliphatic heterocycles. The monoisotopic (exact) mass is 443 g/mol. The van der Waals surface area contributed by atoms with Crippen molar-refractivity contribution in [2.75, 3.05) is 18.5 Å². The van der Waals surface area contributed by atoms with Crippen LogP contribution in [0.25, 0.3) is 0 Å². The molecule has 1 atom stereocenters. The van der Waals surface area contributed by atoms with Gasteiger partial charge in [-0.3, -0.25) is 19.7 Å². The first-order valence-corrected chi connectivity index (χ1v) is 9.90. The van der Waals surface area contributed by atoms with E-state index in [1.807, 2.05) is 32.0 Å². The first-order chi connectivity index (χ1) is 15.1. The molecule has 10 heteroatoms. The van der Waals surface area contributed by atoms with Crippen molar-refractivity contribution in [2.24, 2.45) is 0 Å². The van der Waals surface area contributed by atoms with Crippen LogP contribution in [0.1, 0.15) is 35.3 Å². The van der Waals surface area contributed by atoms with Crippen LogP contribution in [0.4, 0.5) is 11.4 Å². The summed E-state index contributed by atoms with van der Waals surface area (Å²) >= 11 is 0. The average molecular weight is 443 g/mol. The van der Waals surface area contributed by atoms with Crippen molar-refractivity contribution in [3.8, 4) is 5.75 Å². The molecule has 2 N–H and O–H groups in total. The maximum absolute atomic E-state index is 12.3. The van der Waals surface area contributed by atoms with Crippen LogP contribution in [0.15, 0.2) is 36.4 Å². The van der Waals surface area contributed by atoms with Crippen molar-refractivity contribution in [3.05, 3.63) is 63.2 Å². The number of para-hydroxylation sites is 1. The van der Waals surface area contributed by atoms with E-state index in [0.29, 0.717) is 5.69 Å². The molecule has 0 radical (unpaired) electrons. The van der Waals surface area contributed by atoms with Gasteiger partial charge < -0.3 is 20.1 Å². The van der Waals surface area contributed by atoms with Gasteiger partial charge >= 0.3 is 11.7 Å². The number of esters is 1. The number of nitrogens with zero attached hydrogens (tertiary/aromatic N) is 1. The number of nitro benzene ring substituents is 1. The smallest absolute Gasteiger partial charge is 0.339 e. The Kier molecular flexibility index (Phi) is 8.28. The lowest BCUT2D eigenvalue weighted by Gasteiger charge is -2.15. The van der Waals surface area contributed by atoms with E-state index in [1.165, 1.54) is 19.1 Å². The maximum Gasteiger partial charge on any atom is 0.339 e. The Bertz CT molecular complexity index is 1020. The van der Waals surface area contributed by atoms with Crippen molar-refractivity contribution < 1.29 is 28.8 Å². The number of ether oxygens (including phenoxy) is 2. The van der Waals surface area contributed by atoms with Gasteiger partial charge in [0.2, 0.25) is 5.91 Å². The van der Waals surface area contributed by atoms with Gasteiger partial charge in [0, 0.05) is 11.8 Å². The zero-order valence-corrected chi connectivity index (χ0v) is 18.3. The fraction of sp³-hybridized carbons (Fsp3) is 0.318. The summed E-state index contributed by atoms with van der Waals surface area (Å²) < 4.78 is 10.2. The third kappa shape index (κ3) is 6.27. The standard InChI is InChI=1S/C22H25N3O7/c1-5-31-18-10-9-16(11-17(18)25(29)30)22(28)32-15(4)21(27)23-12-19(26)24-20-13(2)7-6-8-14(20)3/h6-11,15H,5,12H2,1-4H3,(H,23,27)(H,24,26). The van der Waals surface area contributed by atoms with Gasteiger partial charge in [-0.05, 0) is 51.0 Å². The number of carbonyl (C=O) groups excluding carboxylic acids is 3. The Hall–Kier alpha value is -3.95. The molecule has 170 valence electrons. The Labute approximate surface area is 185 Å². The molecule has 0 fully saturated rings. The predicted octanol–water partition coefficient (Wildman–Crippen LogP) is 2.91. The molecular formula is C22H25N3O7. The molecular weight excluding hydrogens is 418 g/mol. The molecule has 0 aromatic heterocycles. The summed E-state index contributed by atoms with van der Waals surface area (Å²) in [5.74, 6) is -2.01. The van der Waals surface area contributed by atoms with Gasteiger partial charge in [-0.1, -0.05) is 18.2 Å². The largest absolute Gasteiger partial charge is 0.487 e. The summed E-state index contributed by atoms with van der Waals surface area (Å²) in [6.45, 7) is 6.62. The second-order valence-corrected chi connectivity index (χ2v) is 6.95. The van der Waals surface area contributed by atoms with Crippen LogP contribution in [-0.4, -0.2) is 42.0 Å². The summed E-state index contributed by atoms with van der Waals surface area (Å²) in [6.07, 6.45) is -1.22. The maximum atomic E-state index is 12.3. The highest BCUT2D eigenvalue weighted by molar-refractivity contribution is 5.97. The first kappa shape index (κ1) is 24.3. The van der Waals surface area contributed by atoms with Crippen LogP contribution in [0.5, 0.6) is 5.75 Å². The van der Waals surface area contributed by atoms with Gasteiger partial charge in [0.25, 0.3) is 5.91 Å². The van der Waals surface area contributed by atoms with Gasteiger partial charge in [-0.15, -0.1) is 0 Å². The fourth-order valence-electron chi connectivity index (χ4n) is 2.85. The SMILES string of the molecule is CCOc1ccc(C(=O)OC(C)C(=O)NCC(=O)Nc2c(C)cccc2C)cc1[N+](=O)[O-]. The van der Waals surface area contributed by atoms with E-state index in [0.717, 1.165) is 17.2 Å². The highest BCUT2D eigenvalue weighted by atomic mass is 16.6. The van der Waals surface area contributed by atoms with Gasteiger partial charge in [-0.2, -0.15) is 0 Å². The lowest BCUT2D eigenvalue weighted by molar-refractivity contribution is -0.385. The van der Waals surface area contributed by atoms with E-state index in [4.69, 9.17) is 9.47 Å². The van der Waals surface area contributed by atoms with Gasteiger partial charge in [-0.25, -0.2) is 4.79 Å². The van der Waals surface area contributed by atoms with Gasteiger partial charge in [0.15, 0.2) is 11.9 Å². The molecule has 32 heavy (non-hydrogen) atoms. The highest BCUT2D eigenvalue weighted by Gasteiger charge is 2.23. The molecule has 10 nitrogen and oxygen atoms in total. The van der Waals surface area contributed by atoms with Crippen LogP contribution >= 0.6 is 0 Å². The molecule has 0 heterocycles. The Balaban J connectivity index is 1.94. The van der Waals surface area contributed by atoms with Crippen molar-refractivity contribution in [3.63, 3.8) is 0 Å². The molecule has 0 saturated carbocycles. The van der Waals surface area contributed by atoms with E-state index in [1.54, 1.807) is 6.92 Å². The van der Waals surface area contributed by atoms with E-state index in [9.17, 15) is 24.5 Å². The average Bonchev–Trinajstić information content (AvgIpc) is 2.74. The van der Waals surface area contributed by atoms with Crippen LogP contribution in [0.3, 0.4) is 0 Å². The summed E-state index contributed by atoms with van der Waals surface area (Å²) in [6, 6.07) is 9.21. The fourth-order valence-corrected chi connectivity index (χ4v) is 2.85. The number of amides is 2. The molecule has 0 bridgehead atoms. The summed E-state index contributed by atoms with van der Waals surface area (Å²) in [7, 11) is 0. The molecule has 0 aliphatic carbocycles. The number of rotatable bonds is 9. The van der Waals surface area contributed by atoms with Crippen molar-refractivity contribution in [1.29, 1.82) is 0 Å². The molecule has 1 unspecified atom stereocenters. The van der Waals surface area contributed by atoms with Crippen LogP contribution in [0.2, 0.25) is 0 Å². The number of benzene rings is 2. The first-order valence-electron chi connectivity index (χ1n) is 9.90. The van der Waals surface area contributed by atoms with Gasteiger partial charge in [0.1, 0.15) is 0 Å². The van der Waals surface area contributed by atoms with Crippen molar-refractivity contribution in [2.45, 2.75) is 33.8 Å². The highest BCUT2D eigenvalue weighted by Crippen LogP contribution is 2.28. The Morgan fingerprint density at radius 1 is 1.12 bits per heavy atom. The predicted molar refractivity (Wildman–Crippen MR) is 117 cm³/mol. The summed E-state index contributed by atoms with van der Waals surface area (Å²) in [5.41, 5.74) is 1.95. The van der Waals surface area contributed by atoms with Crippen LogP contribution in [0, 0.1) is 24.0 Å². The molecule has 2 aromatic rings. The molecule has 2 amide bonds. The summed E-state index contributed by atoms with van der Waals surface area (Å²) in [5, 5.41) is 16.3. The van der Waals surface area contributed by atoms with Crippen molar-refractivity contribution >= 4 is 29.2 Å². The van der Waals surface area contributed by atoms with Crippen LogP contribution in [-0.2, 0) is 14.3 Å². The second kappa shape index (κ2) is 10.9. The minimum absolute atomic E-state index is 0.0229. The summed E-state index contributed by atoms with van der Waals surface area (Å²) in [4.78, 5) is 47.2. The van der Waals surface area contributed by atoms with E-state index in [-0.39, 0.29) is 30.2 Å². The Morgan fingerprint density at radius 3 is 2.38 bits per heavy atom. The molecule has 2 rings (SSSR count). The number of aryl methyl sites for hydroxylation is 2. The third-order valence-corrected chi connectivity index (χ3v) is 4.51. The quantitative estimate of drug-likeness (QED) is 0.345. The number of hydrogen-bond donors (Lipinski definition) is 2. The zero-order valence-electron chi connectivity index (χ0n) is 18.3. The normalized spacial score (nSPS) is 11.2. The second-order valence-electron chi connectivity index (χ2n) is 6.95. The number of carbonyl (C=O) groups is 3. The van der Waals surface area contributed by atoms with E-state index in [2.05, 4.69) is 10.6 Å². The van der Waals surface area contributed by atoms with Gasteiger partial charge in [0.05, 0.1) is 23.6 Å². The van der Waals surface area contributed by atoms with Crippen LogP contribution < -0.4 is 15.4 Å². The Morgan fingerprint density at radius 2 is 1.78 bits per heavy atom. The topological polar surface area (TPSA) is 137 Å². The molecule has 0 spiro atoms. The number of nitrogens with one attached hydrogen (secondary N) is 2. The lowest BCUT2D eigenvalue weighted by Crippen LogP contribution is -2.40. The van der Waals surface area contributed by atoms with E-state index < -0.39 is 28.8 Å². The van der Waals surface area contributed by atoms with E-state index >= 15 is 0 Å². The number of anilines is 1. The minimum Gasteiger partial charge on any atom is -0.487 e. The zero-order chi connectivity index (χ0) is 23.8. The molecule has 0 aliphatic rings. The molecule has 0 saturated heterocycles. The number of nitro groups is 1.